The first-order chi connectivity index (χ1) is 12.8. The molecule has 0 fully saturated rings. The molecule has 2 aromatic heterocycles. The van der Waals surface area contributed by atoms with Gasteiger partial charge in [0.2, 0.25) is 4.96 Å². The van der Waals surface area contributed by atoms with E-state index < -0.39 is 0 Å². The zero-order valence-corrected chi connectivity index (χ0v) is 14.9. The van der Waals surface area contributed by atoms with Gasteiger partial charge >= 0.3 is 0 Å². The molecular formula is C19H16N4O2S. The Kier molecular flexibility index (Phi) is 4.37. The molecule has 0 aliphatic heterocycles. The SMILES string of the molecule is C=CCOc1cccc(-c2nn3c(-c4cccc(OC)c4)nnc3s2)c1. The van der Waals surface area contributed by atoms with Crippen molar-refractivity contribution in [2.75, 3.05) is 13.7 Å². The smallest absolute Gasteiger partial charge is 0.235 e. The number of methoxy groups -OCH3 is 1. The Morgan fingerprint density at radius 1 is 1.08 bits per heavy atom. The lowest BCUT2D eigenvalue weighted by Crippen LogP contribution is -1.93. The van der Waals surface area contributed by atoms with E-state index in [0.717, 1.165) is 32.6 Å². The van der Waals surface area contributed by atoms with Gasteiger partial charge in [0.1, 0.15) is 23.1 Å². The van der Waals surface area contributed by atoms with Crippen LogP contribution >= 0.6 is 11.3 Å². The van der Waals surface area contributed by atoms with Gasteiger partial charge in [-0.05, 0) is 24.3 Å². The maximum absolute atomic E-state index is 5.60. The average molecular weight is 364 g/mol. The maximum atomic E-state index is 5.60. The molecule has 0 saturated heterocycles. The normalized spacial score (nSPS) is 10.8. The molecule has 2 heterocycles. The van der Waals surface area contributed by atoms with Crippen LogP contribution in [-0.4, -0.2) is 33.5 Å². The van der Waals surface area contributed by atoms with Crippen LogP contribution < -0.4 is 9.47 Å². The van der Waals surface area contributed by atoms with E-state index in [0.29, 0.717) is 12.4 Å². The van der Waals surface area contributed by atoms with Gasteiger partial charge in [-0.25, -0.2) is 0 Å². The number of nitrogens with zero attached hydrogens (tertiary/aromatic N) is 4. The molecule has 4 rings (SSSR count). The Balaban J connectivity index is 1.73. The summed E-state index contributed by atoms with van der Waals surface area (Å²) in [5.41, 5.74) is 1.87. The molecule has 0 spiro atoms. The highest BCUT2D eigenvalue weighted by Crippen LogP contribution is 2.30. The minimum atomic E-state index is 0.467. The van der Waals surface area contributed by atoms with Crippen LogP contribution in [0.25, 0.3) is 26.9 Å². The minimum Gasteiger partial charge on any atom is -0.497 e. The Morgan fingerprint density at radius 3 is 2.65 bits per heavy atom. The van der Waals surface area contributed by atoms with E-state index in [1.807, 2.05) is 48.5 Å². The fourth-order valence-electron chi connectivity index (χ4n) is 2.55. The molecule has 0 unspecified atom stereocenters. The quantitative estimate of drug-likeness (QED) is 0.482. The van der Waals surface area contributed by atoms with E-state index >= 15 is 0 Å². The molecule has 0 aliphatic rings. The Morgan fingerprint density at radius 2 is 1.85 bits per heavy atom. The first-order valence-corrected chi connectivity index (χ1v) is 8.81. The topological polar surface area (TPSA) is 61.5 Å². The van der Waals surface area contributed by atoms with E-state index in [9.17, 15) is 0 Å². The van der Waals surface area contributed by atoms with Gasteiger partial charge < -0.3 is 9.47 Å². The van der Waals surface area contributed by atoms with Crippen molar-refractivity contribution in [3.63, 3.8) is 0 Å². The van der Waals surface area contributed by atoms with Crippen LogP contribution in [-0.2, 0) is 0 Å². The lowest BCUT2D eigenvalue weighted by atomic mass is 10.2. The number of ether oxygens (including phenoxy) is 2. The first-order valence-electron chi connectivity index (χ1n) is 7.99. The highest BCUT2D eigenvalue weighted by atomic mass is 32.1. The maximum Gasteiger partial charge on any atom is 0.235 e. The summed E-state index contributed by atoms with van der Waals surface area (Å²) in [4.78, 5) is 0.732. The van der Waals surface area contributed by atoms with Crippen LogP contribution in [0.2, 0.25) is 0 Å². The average Bonchev–Trinajstić information content (AvgIpc) is 3.27. The number of aromatic nitrogens is 4. The van der Waals surface area contributed by atoms with E-state index in [1.54, 1.807) is 17.7 Å². The molecule has 26 heavy (non-hydrogen) atoms. The number of fused-ring (bicyclic) bond motifs is 1. The molecule has 2 aromatic carbocycles. The molecule has 0 N–H and O–H groups in total. The van der Waals surface area contributed by atoms with Crippen LogP contribution in [0.15, 0.2) is 61.2 Å². The molecule has 0 saturated carbocycles. The summed E-state index contributed by atoms with van der Waals surface area (Å²) in [6.07, 6.45) is 1.72. The van der Waals surface area contributed by atoms with Crippen molar-refractivity contribution in [2.45, 2.75) is 0 Å². The molecule has 130 valence electrons. The lowest BCUT2D eigenvalue weighted by molar-refractivity contribution is 0.363. The molecule has 0 amide bonds. The van der Waals surface area contributed by atoms with Crippen molar-refractivity contribution >= 4 is 16.3 Å². The van der Waals surface area contributed by atoms with Crippen LogP contribution in [0, 0.1) is 0 Å². The predicted octanol–water partition coefficient (Wildman–Crippen LogP) is 4.09. The molecule has 0 aliphatic carbocycles. The number of rotatable bonds is 6. The van der Waals surface area contributed by atoms with Gasteiger partial charge in [0, 0.05) is 11.1 Å². The van der Waals surface area contributed by atoms with Gasteiger partial charge in [-0.3, -0.25) is 0 Å². The minimum absolute atomic E-state index is 0.467. The van der Waals surface area contributed by atoms with Crippen molar-refractivity contribution in [1.82, 2.24) is 19.8 Å². The summed E-state index contributed by atoms with van der Waals surface area (Å²) >= 11 is 1.48. The fourth-order valence-corrected chi connectivity index (χ4v) is 3.39. The van der Waals surface area contributed by atoms with Gasteiger partial charge in [0.15, 0.2) is 5.82 Å². The molecule has 0 radical (unpaired) electrons. The summed E-state index contributed by atoms with van der Waals surface area (Å²) < 4.78 is 12.6. The number of hydrogen-bond donors (Lipinski definition) is 0. The third-order valence-electron chi connectivity index (χ3n) is 3.77. The monoisotopic (exact) mass is 364 g/mol. The van der Waals surface area contributed by atoms with Crippen molar-refractivity contribution in [2.24, 2.45) is 0 Å². The van der Waals surface area contributed by atoms with Crippen molar-refractivity contribution in [3.8, 4) is 33.5 Å². The standard InChI is InChI=1S/C19H16N4O2S/c1-3-10-25-16-9-5-7-14(12-16)18-22-23-17(20-21-19(23)26-18)13-6-4-8-15(11-13)24-2/h3-9,11-12H,1,10H2,2H3. The van der Waals surface area contributed by atoms with Crippen molar-refractivity contribution < 1.29 is 9.47 Å². The van der Waals surface area contributed by atoms with Gasteiger partial charge in [-0.1, -0.05) is 48.3 Å². The Bertz CT molecular complexity index is 1070. The summed E-state index contributed by atoms with van der Waals surface area (Å²) in [5, 5.41) is 14.1. The van der Waals surface area contributed by atoms with Gasteiger partial charge in [-0.15, -0.1) is 10.2 Å². The second-order valence-corrected chi connectivity index (χ2v) is 6.44. The lowest BCUT2D eigenvalue weighted by Gasteiger charge is -2.04. The highest BCUT2D eigenvalue weighted by molar-refractivity contribution is 7.19. The summed E-state index contributed by atoms with van der Waals surface area (Å²) in [6.45, 7) is 4.13. The van der Waals surface area contributed by atoms with E-state index in [2.05, 4.69) is 21.9 Å². The molecule has 4 aromatic rings. The third kappa shape index (κ3) is 3.04. The van der Waals surface area contributed by atoms with Gasteiger partial charge in [0.25, 0.3) is 0 Å². The molecule has 7 heteroatoms. The number of hydrogen-bond acceptors (Lipinski definition) is 6. The molecule has 0 bridgehead atoms. The van der Waals surface area contributed by atoms with Gasteiger partial charge in [-0.2, -0.15) is 9.61 Å². The zero-order chi connectivity index (χ0) is 17.9. The summed E-state index contributed by atoms with van der Waals surface area (Å²) in [6, 6.07) is 15.5. The Hall–Kier alpha value is -3.19. The second kappa shape index (κ2) is 6.97. The van der Waals surface area contributed by atoms with Crippen LogP contribution in [0.5, 0.6) is 11.5 Å². The third-order valence-corrected chi connectivity index (χ3v) is 4.72. The zero-order valence-electron chi connectivity index (χ0n) is 14.1. The fraction of sp³-hybridized carbons (Fsp3) is 0.105. The van der Waals surface area contributed by atoms with Crippen LogP contribution in [0.4, 0.5) is 0 Å². The largest absolute Gasteiger partial charge is 0.497 e. The number of benzene rings is 2. The molecule has 6 nitrogen and oxygen atoms in total. The summed E-state index contributed by atoms with van der Waals surface area (Å²) in [7, 11) is 1.64. The van der Waals surface area contributed by atoms with E-state index in [4.69, 9.17) is 9.47 Å². The summed E-state index contributed by atoms with van der Waals surface area (Å²) in [5.74, 6) is 2.23. The molecular weight excluding hydrogens is 348 g/mol. The predicted molar refractivity (Wildman–Crippen MR) is 102 cm³/mol. The van der Waals surface area contributed by atoms with Crippen LogP contribution in [0.3, 0.4) is 0 Å². The highest BCUT2D eigenvalue weighted by Gasteiger charge is 2.15. The Labute approximate surface area is 154 Å². The molecule has 0 atom stereocenters. The first kappa shape index (κ1) is 16.3. The van der Waals surface area contributed by atoms with Gasteiger partial charge in [0.05, 0.1) is 7.11 Å². The van der Waals surface area contributed by atoms with Crippen molar-refractivity contribution in [3.05, 3.63) is 61.2 Å². The second-order valence-electron chi connectivity index (χ2n) is 5.48. The van der Waals surface area contributed by atoms with Crippen LogP contribution in [0.1, 0.15) is 0 Å². The van der Waals surface area contributed by atoms with E-state index in [1.165, 1.54) is 11.3 Å². The van der Waals surface area contributed by atoms with Crippen molar-refractivity contribution in [1.29, 1.82) is 0 Å². The van der Waals surface area contributed by atoms with E-state index in [-0.39, 0.29) is 0 Å².